The number of rotatable bonds is 4. The van der Waals surface area contributed by atoms with Crippen molar-refractivity contribution in [2.24, 2.45) is 0 Å². The van der Waals surface area contributed by atoms with Crippen molar-refractivity contribution in [3.05, 3.63) is 27.1 Å². The molecule has 20 heavy (non-hydrogen) atoms. The van der Waals surface area contributed by atoms with Crippen molar-refractivity contribution in [3.63, 3.8) is 0 Å². The Labute approximate surface area is 120 Å². The molecule has 1 aliphatic rings. The van der Waals surface area contributed by atoms with Gasteiger partial charge in [-0.05, 0) is 25.8 Å². The quantitative estimate of drug-likeness (QED) is 0.897. The van der Waals surface area contributed by atoms with Gasteiger partial charge in [-0.3, -0.25) is 9.69 Å². The molecule has 7 heteroatoms. The smallest absolute Gasteiger partial charge is 0.275 e. The molecule has 6 nitrogen and oxygen atoms in total. The van der Waals surface area contributed by atoms with Gasteiger partial charge in [0.05, 0.1) is 12.3 Å². The van der Waals surface area contributed by atoms with Crippen LogP contribution in [0.4, 0.5) is 0 Å². The highest BCUT2D eigenvalue weighted by molar-refractivity contribution is 7.16. The van der Waals surface area contributed by atoms with Crippen molar-refractivity contribution in [2.45, 2.75) is 38.8 Å². The van der Waals surface area contributed by atoms with Gasteiger partial charge in [0.15, 0.2) is 0 Å². The number of likely N-dealkylation sites (tertiary alicyclic amines) is 1. The predicted molar refractivity (Wildman–Crippen MR) is 77.0 cm³/mol. The molecule has 1 atom stereocenters. The van der Waals surface area contributed by atoms with Gasteiger partial charge in [-0.15, -0.1) is 0 Å². The van der Waals surface area contributed by atoms with Crippen LogP contribution in [0.3, 0.4) is 0 Å². The summed E-state index contributed by atoms with van der Waals surface area (Å²) < 4.78 is 1.38. The monoisotopic (exact) mass is 294 g/mol. The number of hydrogen-bond acceptors (Lipinski definition) is 6. The van der Waals surface area contributed by atoms with Crippen LogP contribution in [0.1, 0.15) is 30.5 Å². The molecule has 0 amide bonds. The Kier molecular flexibility index (Phi) is 3.82. The van der Waals surface area contributed by atoms with Crippen LogP contribution in [0.2, 0.25) is 0 Å². The summed E-state index contributed by atoms with van der Waals surface area (Å²) in [5.41, 5.74) is 0.641. The van der Waals surface area contributed by atoms with Gasteiger partial charge in [-0.25, -0.2) is 4.98 Å². The maximum absolute atomic E-state index is 12.1. The van der Waals surface area contributed by atoms with E-state index in [0.717, 1.165) is 36.5 Å². The van der Waals surface area contributed by atoms with Gasteiger partial charge in [0.2, 0.25) is 4.96 Å². The fourth-order valence-electron chi connectivity index (χ4n) is 2.64. The van der Waals surface area contributed by atoms with Crippen molar-refractivity contribution >= 4 is 16.3 Å². The first-order chi connectivity index (χ1) is 9.71. The molecule has 108 valence electrons. The zero-order chi connectivity index (χ0) is 14.1. The van der Waals surface area contributed by atoms with Crippen LogP contribution < -0.4 is 5.56 Å². The molecular formula is C13H18N4O2S. The summed E-state index contributed by atoms with van der Waals surface area (Å²) in [7, 11) is 0. The summed E-state index contributed by atoms with van der Waals surface area (Å²) in [6.07, 6.45) is 2.91. The normalized spacial score (nSPS) is 20.0. The maximum Gasteiger partial charge on any atom is 0.275 e. The third-order valence-corrected chi connectivity index (χ3v) is 4.77. The van der Waals surface area contributed by atoms with Crippen molar-refractivity contribution < 1.29 is 5.11 Å². The molecule has 1 fully saturated rings. The number of aliphatic hydroxyl groups is 1. The van der Waals surface area contributed by atoms with E-state index in [0.29, 0.717) is 11.5 Å². The summed E-state index contributed by atoms with van der Waals surface area (Å²) in [5, 5.41) is 14.5. The number of nitrogens with zero attached hydrogens (tertiary/aromatic N) is 4. The molecule has 0 aliphatic carbocycles. The molecule has 0 bridgehead atoms. The topological polar surface area (TPSA) is 70.7 Å². The van der Waals surface area contributed by atoms with Crippen LogP contribution >= 0.6 is 11.3 Å². The van der Waals surface area contributed by atoms with Gasteiger partial charge in [-0.1, -0.05) is 18.3 Å². The maximum atomic E-state index is 12.1. The van der Waals surface area contributed by atoms with Gasteiger partial charge >= 0.3 is 0 Å². The minimum atomic E-state index is -0.124. The van der Waals surface area contributed by atoms with Crippen LogP contribution in [0, 0.1) is 0 Å². The SMILES string of the molecule is CCc1nn2c(=O)cc(CN3CCC[C@@H]3CO)nc2s1. The molecule has 3 rings (SSSR count). The van der Waals surface area contributed by atoms with Crippen molar-refractivity contribution in [2.75, 3.05) is 13.2 Å². The molecule has 1 aliphatic heterocycles. The van der Waals surface area contributed by atoms with Gasteiger partial charge in [0.1, 0.15) is 5.01 Å². The lowest BCUT2D eigenvalue weighted by Gasteiger charge is -2.21. The minimum absolute atomic E-state index is 0.124. The molecule has 2 aromatic rings. The number of hydrogen-bond donors (Lipinski definition) is 1. The number of fused-ring (bicyclic) bond motifs is 1. The van der Waals surface area contributed by atoms with Crippen LogP contribution in [0.25, 0.3) is 4.96 Å². The molecule has 0 radical (unpaired) electrons. The van der Waals surface area contributed by atoms with Gasteiger partial charge in [0, 0.05) is 18.7 Å². The van der Waals surface area contributed by atoms with Crippen molar-refractivity contribution in [1.29, 1.82) is 0 Å². The summed E-state index contributed by atoms with van der Waals surface area (Å²) >= 11 is 1.46. The van der Waals surface area contributed by atoms with Crippen molar-refractivity contribution in [3.8, 4) is 0 Å². The molecule has 2 aromatic heterocycles. The van der Waals surface area contributed by atoms with E-state index in [2.05, 4.69) is 15.0 Å². The van der Waals surface area contributed by atoms with E-state index in [4.69, 9.17) is 0 Å². The Morgan fingerprint density at radius 1 is 1.55 bits per heavy atom. The molecule has 3 heterocycles. The third kappa shape index (κ3) is 2.48. The lowest BCUT2D eigenvalue weighted by molar-refractivity contribution is 0.152. The Morgan fingerprint density at radius 2 is 2.40 bits per heavy atom. The average Bonchev–Trinajstić information content (AvgIpc) is 3.04. The summed E-state index contributed by atoms with van der Waals surface area (Å²) in [6.45, 7) is 3.76. The van der Waals surface area contributed by atoms with E-state index < -0.39 is 0 Å². The first kappa shape index (κ1) is 13.7. The van der Waals surface area contributed by atoms with E-state index in [-0.39, 0.29) is 18.2 Å². The Bertz CT molecular complexity index is 666. The highest BCUT2D eigenvalue weighted by atomic mass is 32.1. The fraction of sp³-hybridized carbons (Fsp3) is 0.615. The van der Waals surface area contributed by atoms with E-state index in [1.54, 1.807) is 6.07 Å². The highest BCUT2D eigenvalue weighted by Gasteiger charge is 2.24. The van der Waals surface area contributed by atoms with E-state index in [9.17, 15) is 9.90 Å². The second-order valence-corrected chi connectivity index (χ2v) is 6.12. The van der Waals surface area contributed by atoms with E-state index in [1.165, 1.54) is 15.9 Å². The van der Waals surface area contributed by atoms with Gasteiger partial charge < -0.3 is 5.11 Å². The lowest BCUT2D eigenvalue weighted by atomic mass is 10.2. The lowest BCUT2D eigenvalue weighted by Crippen LogP contribution is -2.32. The molecule has 0 aromatic carbocycles. The highest BCUT2D eigenvalue weighted by Crippen LogP contribution is 2.19. The molecule has 1 N–H and O–H groups in total. The summed E-state index contributed by atoms with van der Waals surface area (Å²) in [4.78, 5) is 19.4. The van der Waals surface area contributed by atoms with Crippen LogP contribution in [0.15, 0.2) is 10.9 Å². The third-order valence-electron chi connectivity index (χ3n) is 3.72. The molecule has 0 saturated carbocycles. The standard InChI is InChI=1S/C13H18N4O2S/c1-2-11-15-17-12(19)6-9(14-13(17)20-11)7-16-5-3-4-10(16)8-18/h6,10,18H,2-5,7-8H2,1H3/t10-/m1/s1. The zero-order valence-electron chi connectivity index (χ0n) is 11.4. The number of aryl methyl sites for hydroxylation is 1. The second-order valence-electron chi connectivity index (χ2n) is 5.08. The number of aromatic nitrogens is 3. The molecule has 0 spiro atoms. The zero-order valence-corrected chi connectivity index (χ0v) is 12.3. The molecular weight excluding hydrogens is 276 g/mol. The average molecular weight is 294 g/mol. The van der Waals surface area contributed by atoms with E-state index in [1.807, 2.05) is 6.92 Å². The Hall–Kier alpha value is -1.31. The summed E-state index contributed by atoms with van der Waals surface area (Å²) in [5.74, 6) is 0. The summed E-state index contributed by atoms with van der Waals surface area (Å²) in [6, 6.07) is 1.75. The Morgan fingerprint density at radius 3 is 3.15 bits per heavy atom. The van der Waals surface area contributed by atoms with Crippen LogP contribution in [-0.4, -0.2) is 43.8 Å². The van der Waals surface area contributed by atoms with Gasteiger partial charge in [0.25, 0.3) is 5.56 Å². The predicted octanol–water partition coefficient (Wildman–Crippen LogP) is 0.670. The number of aliphatic hydroxyl groups excluding tert-OH is 1. The molecule has 0 unspecified atom stereocenters. The Balaban J connectivity index is 1.90. The second kappa shape index (κ2) is 5.59. The molecule has 1 saturated heterocycles. The van der Waals surface area contributed by atoms with Crippen molar-refractivity contribution in [1.82, 2.24) is 19.5 Å². The fourth-order valence-corrected chi connectivity index (χ4v) is 3.50. The minimum Gasteiger partial charge on any atom is -0.395 e. The largest absolute Gasteiger partial charge is 0.395 e. The van der Waals surface area contributed by atoms with Crippen LogP contribution in [-0.2, 0) is 13.0 Å². The first-order valence-corrected chi connectivity index (χ1v) is 7.76. The first-order valence-electron chi connectivity index (χ1n) is 6.95. The van der Waals surface area contributed by atoms with E-state index >= 15 is 0 Å². The van der Waals surface area contributed by atoms with Crippen LogP contribution in [0.5, 0.6) is 0 Å². The van der Waals surface area contributed by atoms with Gasteiger partial charge in [-0.2, -0.15) is 9.61 Å².